The van der Waals surface area contributed by atoms with E-state index in [0.29, 0.717) is 11.8 Å². The van der Waals surface area contributed by atoms with Crippen molar-refractivity contribution in [1.82, 2.24) is 5.32 Å². The molecule has 2 aliphatic carbocycles. The summed E-state index contributed by atoms with van der Waals surface area (Å²) in [5.41, 5.74) is 0. The molecule has 3 nitrogen and oxygen atoms in total. The minimum atomic E-state index is -0.274. The number of fused-ring (bicyclic) bond motifs is 1. The van der Waals surface area contributed by atoms with Gasteiger partial charge in [0.15, 0.2) is 0 Å². The number of carbonyl (C=O) groups is 1. The number of hydrogen-bond acceptors (Lipinski definition) is 2. The van der Waals surface area contributed by atoms with Crippen LogP contribution in [0.4, 0.5) is 0 Å². The molecule has 1 amide bonds. The first kappa shape index (κ1) is 10.5. The van der Waals surface area contributed by atoms with Crippen molar-refractivity contribution in [2.75, 3.05) is 0 Å². The Balaban J connectivity index is 1.80. The van der Waals surface area contributed by atoms with E-state index in [-0.39, 0.29) is 17.9 Å². The Morgan fingerprint density at radius 3 is 2.73 bits per heavy atom. The highest BCUT2D eigenvalue weighted by atomic mass is 16.2. The van der Waals surface area contributed by atoms with Crippen LogP contribution in [-0.2, 0) is 4.79 Å². The highest BCUT2D eigenvalue weighted by molar-refractivity contribution is 5.83. The Bertz CT molecular complexity index is 284. The summed E-state index contributed by atoms with van der Waals surface area (Å²) in [6.07, 6.45) is 5.43. The third-order valence-electron chi connectivity index (χ3n) is 3.76. The maximum absolute atomic E-state index is 11.8. The summed E-state index contributed by atoms with van der Waals surface area (Å²) < 4.78 is 0. The van der Waals surface area contributed by atoms with Gasteiger partial charge in [-0.2, -0.15) is 5.26 Å². The van der Waals surface area contributed by atoms with Crippen molar-refractivity contribution >= 4 is 5.91 Å². The van der Waals surface area contributed by atoms with Crippen molar-refractivity contribution in [3.63, 3.8) is 0 Å². The van der Waals surface area contributed by atoms with Crippen molar-refractivity contribution < 1.29 is 4.79 Å². The Morgan fingerprint density at radius 1 is 1.53 bits per heavy atom. The summed E-state index contributed by atoms with van der Waals surface area (Å²) in [5, 5.41) is 11.7. The average molecular weight is 206 g/mol. The minimum Gasteiger partial charge on any atom is -0.340 e. The number of hydrogen-bond donors (Lipinski definition) is 1. The number of nitrogens with zero attached hydrogens (tertiary/aromatic N) is 1. The topological polar surface area (TPSA) is 52.9 Å². The molecule has 0 aromatic rings. The average Bonchev–Trinajstić information content (AvgIpc) is 2.72. The van der Waals surface area contributed by atoms with E-state index in [1.165, 1.54) is 19.3 Å². The Morgan fingerprint density at radius 2 is 2.20 bits per heavy atom. The fourth-order valence-corrected chi connectivity index (χ4v) is 2.94. The zero-order chi connectivity index (χ0) is 10.8. The summed E-state index contributed by atoms with van der Waals surface area (Å²) in [7, 11) is 0. The molecule has 15 heavy (non-hydrogen) atoms. The van der Waals surface area contributed by atoms with Crippen LogP contribution in [0.1, 0.15) is 39.0 Å². The lowest BCUT2D eigenvalue weighted by atomic mass is 10.1. The van der Waals surface area contributed by atoms with E-state index < -0.39 is 0 Å². The summed E-state index contributed by atoms with van der Waals surface area (Å²) >= 11 is 0. The van der Waals surface area contributed by atoms with Crippen molar-refractivity contribution in [3.8, 4) is 6.07 Å². The fraction of sp³-hybridized carbons (Fsp3) is 0.833. The summed E-state index contributed by atoms with van der Waals surface area (Å²) in [5.74, 6) is 1.66. The second-order valence-electron chi connectivity index (χ2n) is 4.76. The molecule has 0 aromatic carbocycles. The Hall–Kier alpha value is -1.04. The molecule has 2 saturated carbocycles. The van der Waals surface area contributed by atoms with Crippen LogP contribution in [0.3, 0.4) is 0 Å². The van der Waals surface area contributed by atoms with E-state index in [0.717, 1.165) is 12.8 Å². The van der Waals surface area contributed by atoms with E-state index in [1.54, 1.807) is 0 Å². The second-order valence-corrected chi connectivity index (χ2v) is 4.76. The maximum Gasteiger partial charge on any atom is 0.224 e. The third-order valence-corrected chi connectivity index (χ3v) is 3.76. The van der Waals surface area contributed by atoms with Crippen LogP contribution >= 0.6 is 0 Å². The van der Waals surface area contributed by atoms with Gasteiger partial charge in [-0.15, -0.1) is 0 Å². The van der Waals surface area contributed by atoms with E-state index in [4.69, 9.17) is 5.26 Å². The van der Waals surface area contributed by atoms with Gasteiger partial charge in [0.1, 0.15) is 6.04 Å². The number of nitriles is 1. The van der Waals surface area contributed by atoms with Gasteiger partial charge >= 0.3 is 0 Å². The molecular weight excluding hydrogens is 188 g/mol. The first-order valence-corrected chi connectivity index (χ1v) is 5.98. The second kappa shape index (κ2) is 4.22. The molecule has 82 valence electrons. The van der Waals surface area contributed by atoms with Crippen molar-refractivity contribution in [2.24, 2.45) is 17.8 Å². The quantitative estimate of drug-likeness (QED) is 0.763. The predicted octanol–water partition coefficient (Wildman–Crippen LogP) is 1.84. The van der Waals surface area contributed by atoms with Crippen LogP contribution < -0.4 is 5.32 Å². The molecule has 0 heterocycles. The van der Waals surface area contributed by atoms with Gasteiger partial charge in [0, 0.05) is 5.92 Å². The lowest BCUT2D eigenvalue weighted by Gasteiger charge is -2.11. The number of carbonyl (C=O) groups excluding carboxylic acids is 1. The normalized spacial score (nSPS) is 34.0. The zero-order valence-corrected chi connectivity index (χ0v) is 9.20. The van der Waals surface area contributed by atoms with Gasteiger partial charge in [-0.3, -0.25) is 4.79 Å². The molecule has 3 atom stereocenters. The lowest BCUT2D eigenvalue weighted by Crippen LogP contribution is -2.35. The van der Waals surface area contributed by atoms with Gasteiger partial charge in [0.05, 0.1) is 6.07 Å². The molecule has 0 aliphatic heterocycles. The number of nitrogens with one attached hydrogen (secondary N) is 1. The molecular formula is C12H18N2O. The standard InChI is InChI=1S/C12H18N2O/c1-2-4-8(7-13)14-12(15)11-9-5-3-6-10(9)11/h8-11H,2-6H2,1H3,(H,14,15). The molecule has 3 heteroatoms. The van der Waals surface area contributed by atoms with E-state index in [2.05, 4.69) is 11.4 Å². The molecule has 2 fully saturated rings. The van der Waals surface area contributed by atoms with Gasteiger partial charge in [0.2, 0.25) is 5.91 Å². The molecule has 3 unspecified atom stereocenters. The van der Waals surface area contributed by atoms with E-state index >= 15 is 0 Å². The third kappa shape index (κ3) is 1.99. The monoisotopic (exact) mass is 206 g/mol. The van der Waals surface area contributed by atoms with Crippen LogP contribution in [0.5, 0.6) is 0 Å². The fourth-order valence-electron chi connectivity index (χ4n) is 2.94. The van der Waals surface area contributed by atoms with Crippen molar-refractivity contribution in [2.45, 2.75) is 45.1 Å². The molecule has 0 radical (unpaired) electrons. The molecule has 0 bridgehead atoms. The van der Waals surface area contributed by atoms with Gasteiger partial charge in [0.25, 0.3) is 0 Å². The highest BCUT2D eigenvalue weighted by Gasteiger charge is 2.56. The molecule has 0 spiro atoms. The van der Waals surface area contributed by atoms with Crippen LogP contribution in [-0.4, -0.2) is 11.9 Å². The SMILES string of the molecule is CCCC(C#N)NC(=O)C1C2CCCC21. The Labute approximate surface area is 90.8 Å². The molecule has 2 aliphatic rings. The summed E-state index contributed by atoms with van der Waals surface area (Å²) in [6, 6.07) is 1.88. The van der Waals surface area contributed by atoms with Crippen LogP contribution in [0.2, 0.25) is 0 Å². The smallest absolute Gasteiger partial charge is 0.224 e. The van der Waals surface area contributed by atoms with Crippen LogP contribution in [0.25, 0.3) is 0 Å². The van der Waals surface area contributed by atoms with Gasteiger partial charge in [-0.05, 0) is 31.1 Å². The molecule has 1 N–H and O–H groups in total. The van der Waals surface area contributed by atoms with E-state index in [1.807, 2.05) is 6.92 Å². The summed E-state index contributed by atoms with van der Waals surface area (Å²) in [4.78, 5) is 11.8. The van der Waals surface area contributed by atoms with Crippen molar-refractivity contribution in [3.05, 3.63) is 0 Å². The predicted molar refractivity (Wildman–Crippen MR) is 56.8 cm³/mol. The van der Waals surface area contributed by atoms with Crippen LogP contribution in [0.15, 0.2) is 0 Å². The molecule has 0 saturated heterocycles. The highest BCUT2D eigenvalue weighted by Crippen LogP contribution is 2.57. The molecule has 0 aromatic heterocycles. The first-order chi connectivity index (χ1) is 7.27. The van der Waals surface area contributed by atoms with E-state index in [9.17, 15) is 4.79 Å². The van der Waals surface area contributed by atoms with Gasteiger partial charge in [-0.25, -0.2) is 0 Å². The largest absolute Gasteiger partial charge is 0.340 e. The van der Waals surface area contributed by atoms with Gasteiger partial charge in [-0.1, -0.05) is 19.8 Å². The molecule has 2 rings (SSSR count). The maximum atomic E-state index is 11.8. The van der Waals surface area contributed by atoms with Crippen molar-refractivity contribution in [1.29, 1.82) is 5.26 Å². The summed E-state index contributed by atoms with van der Waals surface area (Å²) in [6.45, 7) is 2.03. The Kier molecular flexibility index (Phi) is 2.95. The number of rotatable bonds is 4. The lowest BCUT2D eigenvalue weighted by molar-refractivity contribution is -0.123. The van der Waals surface area contributed by atoms with Gasteiger partial charge < -0.3 is 5.32 Å². The number of amides is 1. The minimum absolute atomic E-state index is 0.129. The van der Waals surface area contributed by atoms with Crippen LogP contribution in [0, 0.1) is 29.1 Å². The first-order valence-electron chi connectivity index (χ1n) is 5.98. The zero-order valence-electron chi connectivity index (χ0n) is 9.20.